The highest BCUT2D eigenvalue weighted by molar-refractivity contribution is 7.16. The maximum atomic E-state index is 12.2. The van der Waals surface area contributed by atoms with Crippen molar-refractivity contribution >= 4 is 34.0 Å². The Labute approximate surface area is 154 Å². The first-order chi connectivity index (χ1) is 12.6. The van der Waals surface area contributed by atoms with Gasteiger partial charge in [0.1, 0.15) is 11.1 Å². The molecule has 1 aliphatic rings. The average molecular weight is 367 g/mol. The third-order valence-electron chi connectivity index (χ3n) is 4.28. The van der Waals surface area contributed by atoms with Crippen molar-refractivity contribution in [1.82, 2.24) is 0 Å². The molecule has 1 amide bonds. The summed E-state index contributed by atoms with van der Waals surface area (Å²) in [5.74, 6) is -0.357. The number of carbonyl (C=O) groups is 1. The number of anilines is 1. The van der Waals surface area contributed by atoms with Crippen molar-refractivity contribution in [3.05, 3.63) is 62.0 Å². The van der Waals surface area contributed by atoms with Crippen molar-refractivity contribution in [2.45, 2.75) is 32.1 Å². The highest BCUT2D eigenvalue weighted by Crippen LogP contribution is 2.36. The maximum Gasteiger partial charge on any atom is 0.270 e. The molecule has 7 heteroatoms. The molecule has 0 fully saturated rings. The third-order valence-corrected chi connectivity index (χ3v) is 5.49. The first-order valence-corrected chi connectivity index (χ1v) is 9.18. The van der Waals surface area contributed by atoms with E-state index in [1.165, 1.54) is 46.9 Å². The first kappa shape index (κ1) is 17.8. The minimum absolute atomic E-state index is 0.0266. The second-order valence-corrected chi connectivity index (χ2v) is 7.16. The quantitative estimate of drug-likeness (QED) is 0.374. The maximum absolute atomic E-state index is 12.2. The highest BCUT2D eigenvalue weighted by atomic mass is 32.1. The lowest BCUT2D eigenvalue weighted by molar-refractivity contribution is -0.384. The summed E-state index contributed by atoms with van der Waals surface area (Å²) in [4.78, 5) is 23.7. The van der Waals surface area contributed by atoms with Crippen molar-refractivity contribution in [3.8, 4) is 6.07 Å². The minimum atomic E-state index is -0.477. The molecule has 0 unspecified atom stereocenters. The molecule has 0 aliphatic heterocycles. The van der Waals surface area contributed by atoms with E-state index in [9.17, 15) is 20.2 Å². The molecule has 1 N–H and O–H groups in total. The number of nitrogens with one attached hydrogen (secondary N) is 1. The van der Waals surface area contributed by atoms with E-state index in [0.717, 1.165) is 31.2 Å². The summed E-state index contributed by atoms with van der Waals surface area (Å²) < 4.78 is 0. The number of aryl methyl sites for hydroxylation is 1. The standard InChI is InChI=1S/C19H17N3O3S/c20-12-16-15-7-2-1-3-8-17(15)26-19(16)21-18(23)10-9-13-5-4-6-14(11-13)22(24)25/h4-6,9-11H,1-3,7-8H2,(H,21,23)/b10-9-. The van der Waals surface area contributed by atoms with Gasteiger partial charge in [-0.2, -0.15) is 5.26 Å². The number of nitrogens with zero attached hydrogens (tertiary/aromatic N) is 2. The van der Waals surface area contributed by atoms with E-state index in [1.807, 2.05) is 0 Å². The molecule has 1 heterocycles. The minimum Gasteiger partial charge on any atom is -0.313 e. The molecule has 0 saturated carbocycles. The zero-order chi connectivity index (χ0) is 18.5. The molecule has 1 aliphatic carbocycles. The molecule has 0 radical (unpaired) electrons. The Morgan fingerprint density at radius 3 is 2.88 bits per heavy atom. The molecular weight excluding hydrogens is 350 g/mol. The fourth-order valence-electron chi connectivity index (χ4n) is 3.02. The lowest BCUT2D eigenvalue weighted by atomic mass is 10.1. The van der Waals surface area contributed by atoms with Gasteiger partial charge in [0, 0.05) is 23.1 Å². The van der Waals surface area contributed by atoms with Crippen LogP contribution in [0.15, 0.2) is 30.3 Å². The summed E-state index contributed by atoms with van der Waals surface area (Å²) in [6.07, 6.45) is 8.02. The Morgan fingerprint density at radius 2 is 2.12 bits per heavy atom. The van der Waals surface area contributed by atoms with Crippen LogP contribution in [-0.2, 0) is 17.6 Å². The first-order valence-electron chi connectivity index (χ1n) is 8.36. The van der Waals surface area contributed by atoms with Crippen molar-refractivity contribution in [3.63, 3.8) is 0 Å². The van der Waals surface area contributed by atoms with Gasteiger partial charge in [-0.05, 0) is 42.9 Å². The van der Waals surface area contributed by atoms with Crippen molar-refractivity contribution in [2.24, 2.45) is 0 Å². The number of amides is 1. The summed E-state index contributed by atoms with van der Waals surface area (Å²) in [7, 11) is 0. The number of benzene rings is 1. The van der Waals surface area contributed by atoms with Crippen LogP contribution in [0.25, 0.3) is 6.08 Å². The summed E-state index contributed by atoms with van der Waals surface area (Å²) in [6.45, 7) is 0. The topological polar surface area (TPSA) is 96.0 Å². The van der Waals surface area contributed by atoms with E-state index >= 15 is 0 Å². The fraction of sp³-hybridized carbons (Fsp3) is 0.263. The third kappa shape index (κ3) is 3.98. The van der Waals surface area contributed by atoms with Crippen LogP contribution in [0.2, 0.25) is 0 Å². The Bertz CT molecular complexity index is 925. The summed E-state index contributed by atoms with van der Waals surface area (Å²) in [5, 5.41) is 23.7. The fourth-order valence-corrected chi connectivity index (χ4v) is 4.26. The van der Waals surface area contributed by atoms with Crippen LogP contribution >= 0.6 is 11.3 Å². The number of rotatable bonds is 4. The Kier molecular flexibility index (Phi) is 5.44. The van der Waals surface area contributed by atoms with Gasteiger partial charge in [0.2, 0.25) is 5.91 Å². The van der Waals surface area contributed by atoms with E-state index in [2.05, 4.69) is 11.4 Å². The number of nitro benzene ring substituents is 1. The van der Waals surface area contributed by atoms with Gasteiger partial charge in [-0.25, -0.2) is 0 Å². The van der Waals surface area contributed by atoms with Crippen molar-refractivity contribution in [1.29, 1.82) is 5.26 Å². The smallest absolute Gasteiger partial charge is 0.270 e. The molecule has 26 heavy (non-hydrogen) atoms. The molecule has 3 rings (SSSR count). The van der Waals surface area contributed by atoms with Crippen LogP contribution in [0, 0.1) is 21.4 Å². The van der Waals surface area contributed by atoms with Gasteiger partial charge in [-0.3, -0.25) is 14.9 Å². The van der Waals surface area contributed by atoms with E-state index in [-0.39, 0.29) is 11.6 Å². The van der Waals surface area contributed by atoms with Crippen molar-refractivity contribution < 1.29 is 9.72 Å². The summed E-state index contributed by atoms with van der Waals surface area (Å²) >= 11 is 1.48. The van der Waals surface area contributed by atoms with E-state index in [0.29, 0.717) is 16.1 Å². The van der Waals surface area contributed by atoms with Crippen LogP contribution in [0.3, 0.4) is 0 Å². The van der Waals surface area contributed by atoms with Gasteiger partial charge in [-0.1, -0.05) is 18.6 Å². The van der Waals surface area contributed by atoms with Crippen LogP contribution < -0.4 is 5.32 Å². The number of carbonyl (C=O) groups excluding carboxylic acids is 1. The predicted octanol–water partition coefficient (Wildman–Crippen LogP) is 4.45. The van der Waals surface area contributed by atoms with Gasteiger partial charge in [0.15, 0.2) is 0 Å². The number of hydrogen-bond acceptors (Lipinski definition) is 5. The second kappa shape index (κ2) is 7.93. The van der Waals surface area contributed by atoms with Crippen LogP contribution in [0.4, 0.5) is 10.7 Å². The number of hydrogen-bond donors (Lipinski definition) is 1. The molecule has 0 saturated heterocycles. The summed E-state index contributed by atoms with van der Waals surface area (Å²) in [5.41, 5.74) is 2.19. The van der Waals surface area contributed by atoms with Gasteiger partial charge in [0.25, 0.3) is 5.69 Å². The Morgan fingerprint density at radius 1 is 1.31 bits per heavy atom. The number of non-ortho nitro benzene ring substituents is 1. The molecule has 132 valence electrons. The number of fused-ring (bicyclic) bond motifs is 1. The van der Waals surface area contributed by atoms with Gasteiger partial charge in [0.05, 0.1) is 10.5 Å². The van der Waals surface area contributed by atoms with Gasteiger partial charge in [-0.15, -0.1) is 11.3 Å². The van der Waals surface area contributed by atoms with Crippen LogP contribution in [-0.4, -0.2) is 10.8 Å². The number of nitriles is 1. The zero-order valence-electron chi connectivity index (χ0n) is 14.0. The van der Waals surface area contributed by atoms with Gasteiger partial charge < -0.3 is 5.32 Å². The Balaban J connectivity index is 1.75. The predicted molar refractivity (Wildman–Crippen MR) is 101 cm³/mol. The molecule has 6 nitrogen and oxygen atoms in total. The molecule has 1 aromatic heterocycles. The molecule has 2 aromatic rings. The van der Waals surface area contributed by atoms with E-state index in [1.54, 1.807) is 12.1 Å². The molecule has 0 atom stereocenters. The summed E-state index contributed by atoms with van der Waals surface area (Å²) in [6, 6.07) is 8.28. The van der Waals surface area contributed by atoms with Crippen molar-refractivity contribution in [2.75, 3.05) is 5.32 Å². The lowest BCUT2D eigenvalue weighted by Crippen LogP contribution is -2.07. The normalized spacial score (nSPS) is 13.7. The van der Waals surface area contributed by atoms with Gasteiger partial charge >= 0.3 is 0 Å². The second-order valence-electron chi connectivity index (χ2n) is 6.06. The highest BCUT2D eigenvalue weighted by Gasteiger charge is 2.20. The monoisotopic (exact) mass is 367 g/mol. The lowest BCUT2D eigenvalue weighted by Gasteiger charge is -2.01. The number of nitro groups is 1. The largest absolute Gasteiger partial charge is 0.313 e. The molecular formula is C19H17N3O3S. The van der Waals surface area contributed by atoms with E-state index < -0.39 is 4.92 Å². The SMILES string of the molecule is N#Cc1c(NC(=O)/C=C\c2cccc([N+](=O)[O-])c2)sc2c1CCCCC2. The molecule has 1 aromatic carbocycles. The number of thiophene rings is 1. The average Bonchev–Trinajstić information content (AvgIpc) is 2.79. The molecule has 0 bridgehead atoms. The van der Waals surface area contributed by atoms with E-state index in [4.69, 9.17) is 0 Å². The molecule has 0 spiro atoms. The zero-order valence-corrected chi connectivity index (χ0v) is 14.8. The Hall–Kier alpha value is -2.98. The van der Waals surface area contributed by atoms with Crippen LogP contribution in [0.1, 0.15) is 40.8 Å². The van der Waals surface area contributed by atoms with Crippen LogP contribution in [0.5, 0.6) is 0 Å².